The maximum absolute atomic E-state index is 12.7. The topological polar surface area (TPSA) is 111 Å². The summed E-state index contributed by atoms with van der Waals surface area (Å²) in [5.41, 5.74) is 0. The Labute approximate surface area is 343 Å². The Kier molecular flexibility index (Phi) is 36.7. The van der Waals surface area contributed by atoms with E-state index in [-0.39, 0.29) is 26.1 Å². The van der Waals surface area contributed by atoms with Crippen LogP contribution in [0.25, 0.3) is 0 Å². The molecular weight excluding hydrogens is 725 g/mol. The third-order valence-electron chi connectivity index (χ3n) is 9.02. The predicted octanol–water partition coefficient (Wildman–Crippen LogP) is 11.8. The van der Waals surface area contributed by atoms with E-state index in [0.29, 0.717) is 23.9 Å². The highest BCUT2D eigenvalue weighted by Crippen LogP contribution is 2.38. The van der Waals surface area contributed by atoms with Gasteiger partial charge in [-0.05, 0) is 77.0 Å². The van der Waals surface area contributed by atoms with Crippen LogP contribution < -0.4 is 4.89 Å². The van der Waals surface area contributed by atoms with Gasteiger partial charge in [0.05, 0.1) is 27.7 Å². The van der Waals surface area contributed by atoms with E-state index in [2.05, 4.69) is 74.6 Å². The smallest absolute Gasteiger partial charge is 0.306 e. The van der Waals surface area contributed by atoms with E-state index >= 15 is 0 Å². The van der Waals surface area contributed by atoms with Crippen LogP contribution in [-0.2, 0) is 32.7 Å². The fourth-order valence-corrected chi connectivity index (χ4v) is 6.31. The number of allylic oxidation sites excluding steroid dienone is 10. The second kappa shape index (κ2) is 38.2. The molecular formula is C46H82NO8P. The van der Waals surface area contributed by atoms with Crippen molar-refractivity contribution in [1.82, 2.24) is 0 Å². The van der Waals surface area contributed by atoms with E-state index in [0.717, 1.165) is 83.5 Å². The second-order valence-electron chi connectivity index (χ2n) is 15.7. The number of unbranched alkanes of at least 4 members (excludes halogenated alkanes) is 15. The Hall–Kier alpha value is -2.29. The molecule has 0 heterocycles. The zero-order valence-corrected chi connectivity index (χ0v) is 37.2. The number of carbonyl (C=O) groups excluding carboxylic acids is 2. The summed E-state index contributed by atoms with van der Waals surface area (Å²) in [5, 5.41) is 0. The zero-order valence-electron chi connectivity index (χ0n) is 36.3. The Balaban J connectivity index is 4.41. The molecule has 10 heteroatoms. The molecule has 2 atom stereocenters. The van der Waals surface area contributed by atoms with Crippen LogP contribution in [0.4, 0.5) is 0 Å². The van der Waals surface area contributed by atoms with Crippen molar-refractivity contribution in [3.63, 3.8) is 0 Å². The Bertz CT molecular complexity index is 1140. The highest BCUT2D eigenvalue weighted by molar-refractivity contribution is 7.45. The van der Waals surface area contributed by atoms with Crippen LogP contribution in [0.2, 0.25) is 0 Å². The standard InChI is InChI=1S/C46H82NO8P/c1-6-8-10-12-14-16-18-20-22-23-25-27-29-31-33-35-37-39-46(49)55-44(43-54-56(50,51)53-41-40-47(3,4)5)42-52-45(48)38-36-34-32-30-28-26-24-21-19-17-15-13-11-9-7-2/h9,11,14-17,20-22,24,44H,6-8,10,12-13,18-19,23,25-43H2,1-5H3/b11-9+,16-14+,17-15+,22-20+,24-21+/t44-/m1/s1. The summed E-state index contributed by atoms with van der Waals surface area (Å²) >= 11 is 0. The fraction of sp³-hybridized carbons (Fsp3) is 0.739. The summed E-state index contributed by atoms with van der Waals surface area (Å²) in [4.78, 5) is 37.5. The number of carbonyl (C=O) groups is 2. The van der Waals surface area contributed by atoms with E-state index in [1.807, 2.05) is 21.1 Å². The molecule has 0 aliphatic heterocycles. The van der Waals surface area contributed by atoms with E-state index in [9.17, 15) is 19.0 Å². The van der Waals surface area contributed by atoms with Crippen molar-refractivity contribution in [3.8, 4) is 0 Å². The Morgan fingerprint density at radius 1 is 0.571 bits per heavy atom. The number of phosphoric acid groups is 1. The van der Waals surface area contributed by atoms with Gasteiger partial charge in [0.25, 0.3) is 7.82 Å². The number of hydrogen-bond acceptors (Lipinski definition) is 8. The zero-order chi connectivity index (χ0) is 41.4. The molecule has 0 radical (unpaired) electrons. The van der Waals surface area contributed by atoms with E-state index in [4.69, 9.17) is 18.5 Å². The van der Waals surface area contributed by atoms with Crippen LogP contribution in [0.1, 0.15) is 168 Å². The molecule has 0 aromatic rings. The number of ether oxygens (including phenoxy) is 2. The number of quaternary nitrogens is 1. The lowest BCUT2D eigenvalue weighted by Crippen LogP contribution is -2.37. The first-order valence-corrected chi connectivity index (χ1v) is 23.5. The summed E-state index contributed by atoms with van der Waals surface area (Å²) in [7, 11) is 1.14. The molecule has 0 fully saturated rings. The van der Waals surface area contributed by atoms with E-state index in [1.54, 1.807) is 0 Å². The molecule has 0 amide bonds. The number of nitrogens with zero attached hydrogens (tertiary/aromatic N) is 1. The van der Waals surface area contributed by atoms with Gasteiger partial charge in [-0.15, -0.1) is 0 Å². The molecule has 0 saturated heterocycles. The van der Waals surface area contributed by atoms with Crippen LogP contribution in [0, 0.1) is 0 Å². The van der Waals surface area contributed by atoms with Crippen molar-refractivity contribution in [2.24, 2.45) is 0 Å². The summed E-state index contributed by atoms with van der Waals surface area (Å²) in [6.07, 6.45) is 45.3. The van der Waals surface area contributed by atoms with Gasteiger partial charge in [0.1, 0.15) is 19.8 Å². The number of hydrogen-bond donors (Lipinski definition) is 0. The Morgan fingerprint density at radius 3 is 1.52 bits per heavy atom. The van der Waals surface area contributed by atoms with Crippen LogP contribution in [-0.4, -0.2) is 70.0 Å². The summed E-state index contributed by atoms with van der Waals surface area (Å²) in [6, 6.07) is 0. The van der Waals surface area contributed by atoms with Gasteiger partial charge in [0, 0.05) is 12.8 Å². The van der Waals surface area contributed by atoms with Crippen molar-refractivity contribution in [3.05, 3.63) is 60.8 Å². The maximum atomic E-state index is 12.7. The van der Waals surface area contributed by atoms with Crippen LogP contribution in [0.15, 0.2) is 60.8 Å². The third-order valence-corrected chi connectivity index (χ3v) is 9.99. The van der Waals surface area contributed by atoms with Crippen molar-refractivity contribution in [2.45, 2.75) is 174 Å². The molecule has 1 unspecified atom stereocenters. The monoisotopic (exact) mass is 808 g/mol. The minimum absolute atomic E-state index is 0.0381. The molecule has 0 spiro atoms. The number of likely N-dealkylation sites (N-methyl/N-ethyl adjacent to an activating group) is 1. The van der Waals surface area contributed by atoms with E-state index < -0.39 is 32.5 Å². The van der Waals surface area contributed by atoms with Crippen molar-refractivity contribution in [1.29, 1.82) is 0 Å². The van der Waals surface area contributed by atoms with Gasteiger partial charge in [-0.1, -0.05) is 139 Å². The predicted molar refractivity (Wildman–Crippen MR) is 231 cm³/mol. The fourth-order valence-electron chi connectivity index (χ4n) is 5.58. The molecule has 0 aliphatic carbocycles. The van der Waals surface area contributed by atoms with E-state index in [1.165, 1.54) is 44.9 Å². The maximum Gasteiger partial charge on any atom is 0.306 e. The van der Waals surface area contributed by atoms with Gasteiger partial charge in [0.15, 0.2) is 6.10 Å². The molecule has 0 aliphatic rings. The molecule has 0 saturated carbocycles. The molecule has 0 N–H and O–H groups in total. The lowest BCUT2D eigenvalue weighted by atomic mass is 10.1. The molecule has 0 rings (SSSR count). The van der Waals surface area contributed by atoms with Gasteiger partial charge in [-0.2, -0.15) is 0 Å². The molecule has 0 aromatic carbocycles. The van der Waals surface area contributed by atoms with Crippen LogP contribution in [0.5, 0.6) is 0 Å². The average Bonchev–Trinajstić information content (AvgIpc) is 3.15. The van der Waals surface area contributed by atoms with Crippen LogP contribution >= 0.6 is 7.82 Å². The molecule has 324 valence electrons. The van der Waals surface area contributed by atoms with Crippen LogP contribution in [0.3, 0.4) is 0 Å². The molecule has 56 heavy (non-hydrogen) atoms. The Morgan fingerprint density at radius 2 is 1.02 bits per heavy atom. The number of phosphoric ester groups is 1. The lowest BCUT2D eigenvalue weighted by molar-refractivity contribution is -0.870. The lowest BCUT2D eigenvalue weighted by Gasteiger charge is -2.28. The first kappa shape index (κ1) is 53.7. The normalized spacial score (nSPS) is 14.2. The minimum atomic E-state index is -4.63. The van der Waals surface area contributed by atoms with Gasteiger partial charge in [-0.3, -0.25) is 14.2 Å². The number of rotatable bonds is 39. The van der Waals surface area contributed by atoms with Crippen molar-refractivity contribution in [2.75, 3.05) is 47.5 Å². The highest BCUT2D eigenvalue weighted by Gasteiger charge is 2.21. The first-order chi connectivity index (χ1) is 27.0. The van der Waals surface area contributed by atoms with Gasteiger partial charge >= 0.3 is 11.9 Å². The van der Waals surface area contributed by atoms with Crippen molar-refractivity contribution >= 4 is 19.8 Å². The summed E-state index contributed by atoms with van der Waals surface area (Å²) in [5.74, 6) is -0.867. The molecule has 0 bridgehead atoms. The van der Waals surface area contributed by atoms with Gasteiger partial charge in [0.2, 0.25) is 0 Å². The van der Waals surface area contributed by atoms with Gasteiger partial charge < -0.3 is 27.9 Å². The first-order valence-electron chi connectivity index (χ1n) is 22.0. The number of esters is 2. The third kappa shape index (κ3) is 41.3. The van der Waals surface area contributed by atoms with Gasteiger partial charge in [-0.25, -0.2) is 0 Å². The summed E-state index contributed by atoms with van der Waals surface area (Å²) < 4.78 is 33.9. The second-order valence-corrected chi connectivity index (χ2v) is 17.1. The molecule has 9 nitrogen and oxygen atoms in total. The quantitative estimate of drug-likeness (QED) is 0.0198. The van der Waals surface area contributed by atoms with Crippen molar-refractivity contribution < 1.29 is 42.1 Å². The minimum Gasteiger partial charge on any atom is -0.756 e. The highest BCUT2D eigenvalue weighted by atomic mass is 31.2. The largest absolute Gasteiger partial charge is 0.756 e. The molecule has 0 aromatic heterocycles. The summed E-state index contributed by atoms with van der Waals surface area (Å²) in [6.45, 7) is 4.05. The SMILES string of the molecule is CC/C=C/C/C=C/C/C=C/CCCCCCCC(=O)OC[C@H](COP(=O)([O-])OCC[N+](C)(C)C)OC(=O)CCCCCCCCC/C=C/C/C=C/CCCCC. The average molecular weight is 808 g/mol.